The lowest BCUT2D eigenvalue weighted by Crippen LogP contribution is -2.34. The zero-order valence-corrected chi connectivity index (χ0v) is 7.88. The van der Waals surface area contributed by atoms with Crippen LogP contribution in [0.1, 0.15) is 12.8 Å². The average molecular weight is 201 g/mol. The van der Waals surface area contributed by atoms with Gasteiger partial charge in [0.05, 0.1) is 6.54 Å². The molecule has 14 heavy (non-hydrogen) atoms. The van der Waals surface area contributed by atoms with Crippen LogP contribution in [0.4, 0.5) is 0 Å². The third-order valence-electron chi connectivity index (χ3n) is 2.22. The normalized spacial score (nSPS) is 20.6. The van der Waals surface area contributed by atoms with Gasteiger partial charge in [-0.3, -0.25) is 9.59 Å². The number of hydroxylamine groups is 1. The van der Waals surface area contributed by atoms with Crippen LogP contribution in [-0.4, -0.2) is 36.7 Å². The van der Waals surface area contributed by atoms with Gasteiger partial charge in [0, 0.05) is 19.0 Å². The van der Waals surface area contributed by atoms with Crippen molar-refractivity contribution in [3.8, 4) is 0 Å². The van der Waals surface area contributed by atoms with Gasteiger partial charge in [-0.05, 0) is 12.8 Å². The smallest absolute Gasteiger partial charge is 0.236 e. The van der Waals surface area contributed by atoms with E-state index in [0.717, 1.165) is 13.0 Å². The highest BCUT2D eigenvalue weighted by atomic mass is 16.5. The lowest BCUT2D eigenvalue weighted by molar-refractivity contribution is -0.124. The molecule has 0 spiro atoms. The van der Waals surface area contributed by atoms with Gasteiger partial charge in [0.15, 0.2) is 0 Å². The fourth-order valence-electron chi connectivity index (χ4n) is 1.44. The summed E-state index contributed by atoms with van der Waals surface area (Å²) in [5.74, 6) is -0.178. The maximum atomic E-state index is 11.1. The van der Waals surface area contributed by atoms with E-state index < -0.39 is 0 Å². The predicted molar refractivity (Wildman–Crippen MR) is 48.5 cm³/mol. The van der Waals surface area contributed by atoms with Crippen LogP contribution in [0.25, 0.3) is 0 Å². The minimum Gasteiger partial charge on any atom is -0.356 e. The summed E-state index contributed by atoms with van der Waals surface area (Å²) in [6, 6.07) is 0. The number of amides is 2. The molecular formula is C8H15N3O3. The Bertz CT molecular complexity index is 220. The topological polar surface area (TPSA) is 90.5 Å². The molecule has 1 fully saturated rings. The van der Waals surface area contributed by atoms with Gasteiger partial charge in [-0.15, -0.1) is 0 Å². The monoisotopic (exact) mass is 201 g/mol. The summed E-state index contributed by atoms with van der Waals surface area (Å²) in [6.45, 7) is 1.09. The molecule has 0 bridgehead atoms. The van der Waals surface area contributed by atoms with Crippen molar-refractivity contribution in [2.45, 2.75) is 12.8 Å². The number of carbonyl (C=O) groups is 2. The summed E-state index contributed by atoms with van der Waals surface area (Å²) in [5.41, 5.74) is 1.76. The summed E-state index contributed by atoms with van der Waals surface area (Å²) in [7, 11) is 0. The van der Waals surface area contributed by atoms with Crippen LogP contribution in [0.3, 0.4) is 0 Å². The first-order valence-corrected chi connectivity index (χ1v) is 4.65. The minimum atomic E-state index is -0.272. The van der Waals surface area contributed by atoms with E-state index in [9.17, 15) is 9.59 Å². The summed E-state index contributed by atoms with van der Waals surface area (Å²) in [5, 5.41) is 13.5. The van der Waals surface area contributed by atoms with Crippen molar-refractivity contribution in [3.63, 3.8) is 0 Å². The van der Waals surface area contributed by atoms with Crippen LogP contribution in [0, 0.1) is 5.92 Å². The van der Waals surface area contributed by atoms with E-state index in [0.29, 0.717) is 13.0 Å². The summed E-state index contributed by atoms with van der Waals surface area (Å²) in [4.78, 5) is 22.0. The first-order valence-electron chi connectivity index (χ1n) is 4.65. The van der Waals surface area contributed by atoms with E-state index in [4.69, 9.17) is 5.21 Å². The van der Waals surface area contributed by atoms with E-state index in [1.165, 1.54) is 0 Å². The molecule has 1 heterocycles. The SMILES string of the molecule is O=C(CNO)NCC[C@@H]1CCNC1=O. The predicted octanol–water partition coefficient (Wildman–Crippen LogP) is -1.39. The van der Waals surface area contributed by atoms with Crippen LogP contribution >= 0.6 is 0 Å². The van der Waals surface area contributed by atoms with Gasteiger partial charge in [0.1, 0.15) is 0 Å². The van der Waals surface area contributed by atoms with Gasteiger partial charge in [0.25, 0.3) is 0 Å². The van der Waals surface area contributed by atoms with E-state index in [1.54, 1.807) is 5.48 Å². The van der Waals surface area contributed by atoms with Crippen LogP contribution in [0.5, 0.6) is 0 Å². The second kappa shape index (κ2) is 5.56. The largest absolute Gasteiger partial charge is 0.356 e. The van der Waals surface area contributed by atoms with Crippen LogP contribution in [0.2, 0.25) is 0 Å². The third-order valence-corrected chi connectivity index (χ3v) is 2.22. The molecule has 0 saturated carbocycles. The van der Waals surface area contributed by atoms with Gasteiger partial charge < -0.3 is 15.8 Å². The standard InChI is InChI=1S/C8H15N3O3/c12-7(5-11-14)9-3-1-6-2-4-10-8(6)13/h6,11,14H,1-5H2,(H,9,12)(H,10,13)/t6-/m1/s1. The number of hydrogen-bond donors (Lipinski definition) is 4. The van der Waals surface area contributed by atoms with Gasteiger partial charge >= 0.3 is 0 Å². The maximum absolute atomic E-state index is 11.1. The highest BCUT2D eigenvalue weighted by Gasteiger charge is 2.23. The molecule has 0 aromatic heterocycles. The Labute approximate surface area is 82.0 Å². The van der Waals surface area contributed by atoms with Crippen molar-refractivity contribution < 1.29 is 14.8 Å². The average Bonchev–Trinajstić information content (AvgIpc) is 2.52. The van der Waals surface area contributed by atoms with Gasteiger partial charge in [0.2, 0.25) is 11.8 Å². The molecule has 1 rings (SSSR count). The summed E-state index contributed by atoms with van der Waals surface area (Å²) in [6.07, 6.45) is 1.50. The maximum Gasteiger partial charge on any atom is 0.236 e. The molecule has 4 N–H and O–H groups in total. The Morgan fingerprint density at radius 3 is 3.00 bits per heavy atom. The first-order chi connectivity index (χ1) is 6.74. The zero-order chi connectivity index (χ0) is 10.4. The second-order valence-electron chi connectivity index (χ2n) is 3.25. The van der Waals surface area contributed by atoms with Crippen LogP contribution < -0.4 is 16.1 Å². The quantitative estimate of drug-likeness (QED) is 0.412. The van der Waals surface area contributed by atoms with Crippen molar-refractivity contribution in [2.24, 2.45) is 5.92 Å². The molecule has 0 aromatic carbocycles. The molecule has 2 amide bonds. The third kappa shape index (κ3) is 3.31. The molecule has 6 nitrogen and oxygen atoms in total. The highest BCUT2D eigenvalue weighted by molar-refractivity contribution is 5.81. The van der Waals surface area contributed by atoms with Crippen molar-refractivity contribution in [1.82, 2.24) is 16.1 Å². The van der Waals surface area contributed by atoms with Gasteiger partial charge in [-0.2, -0.15) is 5.48 Å². The minimum absolute atomic E-state index is 0.0254. The van der Waals surface area contributed by atoms with Crippen molar-refractivity contribution in [1.29, 1.82) is 0 Å². The lowest BCUT2D eigenvalue weighted by Gasteiger charge is -2.07. The van der Waals surface area contributed by atoms with E-state index in [2.05, 4.69) is 10.6 Å². The van der Waals surface area contributed by atoms with Gasteiger partial charge in [-0.1, -0.05) is 0 Å². The molecule has 1 atom stereocenters. The number of nitrogens with one attached hydrogen (secondary N) is 3. The zero-order valence-electron chi connectivity index (χ0n) is 7.88. The summed E-state index contributed by atoms with van der Waals surface area (Å²) < 4.78 is 0. The highest BCUT2D eigenvalue weighted by Crippen LogP contribution is 2.12. The molecule has 80 valence electrons. The molecule has 0 aromatic rings. The fraction of sp³-hybridized carbons (Fsp3) is 0.750. The Hall–Kier alpha value is -1.14. The van der Waals surface area contributed by atoms with Crippen molar-refractivity contribution >= 4 is 11.8 Å². The Balaban J connectivity index is 2.08. The molecule has 0 radical (unpaired) electrons. The molecule has 0 unspecified atom stereocenters. The first kappa shape index (κ1) is 10.9. The van der Waals surface area contributed by atoms with Crippen LogP contribution in [-0.2, 0) is 9.59 Å². The summed E-state index contributed by atoms with van der Waals surface area (Å²) >= 11 is 0. The second-order valence-corrected chi connectivity index (χ2v) is 3.25. The number of hydrogen-bond acceptors (Lipinski definition) is 4. The van der Waals surface area contributed by atoms with Gasteiger partial charge in [-0.25, -0.2) is 0 Å². The lowest BCUT2D eigenvalue weighted by atomic mass is 10.0. The van der Waals surface area contributed by atoms with Crippen molar-refractivity contribution in [3.05, 3.63) is 0 Å². The molecule has 0 aliphatic carbocycles. The van der Waals surface area contributed by atoms with Crippen LogP contribution in [0.15, 0.2) is 0 Å². The Morgan fingerprint density at radius 2 is 2.43 bits per heavy atom. The van der Waals surface area contributed by atoms with E-state index >= 15 is 0 Å². The molecule has 1 aliphatic heterocycles. The Morgan fingerprint density at radius 1 is 1.64 bits per heavy atom. The molecule has 1 saturated heterocycles. The molecule has 1 aliphatic rings. The number of rotatable bonds is 5. The van der Waals surface area contributed by atoms with E-state index in [1.807, 2.05) is 0 Å². The Kier molecular flexibility index (Phi) is 4.34. The fourth-order valence-corrected chi connectivity index (χ4v) is 1.44. The van der Waals surface area contributed by atoms with E-state index in [-0.39, 0.29) is 24.3 Å². The molecular weight excluding hydrogens is 186 g/mol. The van der Waals surface area contributed by atoms with Crippen molar-refractivity contribution in [2.75, 3.05) is 19.6 Å². The number of carbonyl (C=O) groups excluding carboxylic acids is 2. The molecule has 6 heteroatoms.